The van der Waals surface area contributed by atoms with Crippen molar-refractivity contribution in [2.24, 2.45) is 11.8 Å². The molecule has 1 amide bonds. The second-order valence-corrected chi connectivity index (χ2v) is 4.66. The molecule has 0 aliphatic rings. The van der Waals surface area contributed by atoms with Crippen molar-refractivity contribution in [2.75, 3.05) is 13.3 Å². The molecule has 0 aromatic rings. The zero-order chi connectivity index (χ0) is 14.8. The first-order chi connectivity index (χ1) is 8.81. The molecule has 0 saturated carbocycles. The third-order valence-corrected chi connectivity index (χ3v) is 2.26. The number of alkyl carbamates (subject to hydrolysis) is 1. The van der Waals surface area contributed by atoms with Gasteiger partial charge in [0.2, 0.25) is 6.79 Å². The lowest BCUT2D eigenvalue weighted by Gasteiger charge is -2.17. The van der Waals surface area contributed by atoms with Crippen LogP contribution in [0.2, 0.25) is 0 Å². The van der Waals surface area contributed by atoms with Crippen molar-refractivity contribution >= 4 is 18.0 Å². The lowest BCUT2D eigenvalue weighted by molar-refractivity contribution is -0.149. The lowest BCUT2D eigenvalue weighted by atomic mass is 9.94. The summed E-state index contributed by atoms with van der Waals surface area (Å²) in [6.45, 7) is 4.92. The maximum Gasteiger partial charge on any atom is 0.410 e. The van der Waals surface area contributed by atoms with Crippen LogP contribution in [0.5, 0.6) is 0 Å². The molecule has 19 heavy (non-hydrogen) atoms. The first-order valence-corrected chi connectivity index (χ1v) is 6.07. The molecular weight excluding hydrogens is 254 g/mol. The Labute approximate surface area is 112 Å². The number of hydrogen-bond acceptors (Lipinski definition) is 5. The fourth-order valence-electron chi connectivity index (χ4n) is 1.60. The number of nitrogens with one attached hydrogen (secondary N) is 1. The van der Waals surface area contributed by atoms with Crippen LogP contribution in [0.25, 0.3) is 0 Å². The molecule has 7 heteroatoms. The average Bonchev–Trinajstić information content (AvgIpc) is 2.23. The Morgan fingerprint density at radius 2 is 1.84 bits per heavy atom. The van der Waals surface area contributed by atoms with E-state index in [1.54, 1.807) is 0 Å². The molecule has 0 fully saturated rings. The maximum absolute atomic E-state index is 11.2. The molecule has 2 N–H and O–H groups in total. The summed E-state index contributed by atoms with van der Waals surface area (Å²) >= 11 is 0. The van der Waals surface area contributed by atoms with Crippen LogP contribution in [0.4, 0.5) is 4.79 Å². The van der Waals surface area contributed by atoms with E-state index in [1.165, 1.54) is 6.92 Å². The summed E-state index contributed by atoms with van der Waals surface area (Å²) < 4.78 is 9.01. The topological polar surface area (TPSA) is 102 Å². The number of esters is 1. The molecule has 1 atom stereocenters. The van der Waals surface area contributed by atoms with Gasteiger partial charge in [-0.25, -0.2) is 4.79 Å². The molecular formula is C12H21NO6. The summed E-state index contributed by atoms with van der Waals surface area (Å²) in [5.74, 6) is -1.26. The molecule has 0 aromatic heterocycles. The van der Waals surface area contributed by atoms with Crippen LogP contribution in [-0.2, 0) is 19.1 Å². The molecule has 0 heterocycles. The number of carbonyl (C=O) groups is 3. The maximum atomic E-state index is 11.2. The number of rotatable bonds is 8. The Bertz CT molecular complexity index is 315. The third kappa shape index (κ3) is 11.1. The van der Waals surface area contributed by atoms with Crippen molar-refractivity contribution < 1.29 is 29.0 Å². The number of aliphatic carboxylic acids is 1. The van der Waals surface area contributed by atoms with Gasteiger partial charge >= 0.3 is 18.0 Å². The Kier molecular flexibility index (Phi) is 8.32. The van der Waals surface area contributed by atoms with E-state index in [0.29, 0.717) is 12.3 Å². The highest BCUT2D eigenvalue weighted by atomic mass is 16.7. The number of carboxylic acid groups (broad SMARTS) is 1. The number of hydrogen-bond donors (Lipinski definition) is 2. The quantitative estimate of drug-likeness (QED) is 0.512. The van der Waals surface area contributed by atoms with Gasteiger partial charge in [0.15, 0.2) is 0 Å². The van der Waals surface area contributed by atoms with Crippen LogP contribution < -0.4 is 5.32 Å². The minimum absolute atomic E-state index is 0.0115. The van der Waals surface area contributed by atoms with Gasteiger partial charge in [0, 0.05) is 19.9 Å². The Morgan fingerprint density at radius 1 is 1.21 bits per heavy atom. The number of carbonyl (C=O) groups excluding carboxylic acids is 2. The largest absolute Gasteiger partial charge is 0.481 e. The van der Waals surface area contributed by atoms with Crippen LogP contribution in [0, 0.1) is 11.8 Å². The fraction of sp³-hybridized carbons (Fsp3) is 0.750. The summed E-state index contributed by atoms with van der Waals surface area (Å²) in [5, 5.41) is 11.2. The summed E-state index contributed by atoms with van der Waals surface area (Å²) in [7, 11) is 0. The summed E-state index contributed by atoms with van der Waals surface area (Å²) in [5.41, 5.74) is 0. The lowest BCUT2D eigenvalue weighted by Crippen LogP contribution is -2.32. The third-order valence-electron chi connectivity index (χ3n) is 2.26. The van der Waals surface area contributed by atoms with E-state index in [2.05, 4.69) is 14.8 Å². The first kappa shape index (κ1) is 17.2. The van der Waals surface area contributed by atoms with Crippen molar-refractivity contribution in [3.63, 3.8) is 0 Å². The van der Waals surface area contributed by atoms with Gasteiger partial charge in [0.1, 0.15) is 0 Å². The molecule has 0 aliphatic carbocycles. The van der Waals surface area contributed by atoms with Crippen molar-refractivity contribution in [1.82, 2.24) is 5.32 Å². The highest BCUT2D eigenvalue weighted by Crippen LogP contribution is 2.14. The summed E-state index contributed by atoms with van der Waals surface area (Å²) in [6.07, 6.45) is -0.0562. The van der Waals surface area contributed by atoms with Crippen LogP contribution >= 0.6 is 0 Å². The summed E-state index contributed by atoms with van der Waals surface area (Å²) in [4.78, 5) is 32.3. The molecule has 7 nitrogen and oxygen atoms in total. The van der Waals surface area contributed by atoms with Crippen LogP contribution in [-0.4, -0.2) is 36.5 Å². The van der Waals surface area contributed by atoms with E-state index in [-0.39, 0.29) is 18.9 Å². The van der Waals surface area contributed by atoms with Gasteiger partial charge in [0.05, 0.1) is 0 Å². The zero-order valence-corrected chi connectivity index (χ0v) is 11.5. The minimum atomic E-state index is -0.902. The monoisotopic (exact) mass is 275 g/mol. The van der Waals surface area contributed by atoms with E-state index in [1.807, 2.05) is 13.8 Å². The van der Waals surface area contributed by atoms with E-state index >= 15 is 0 Å². The fourth-order valence-corrected chi connectivity index (χ4v) is 1.60. The van der Waals surface area contributed by atoms with Crippen molar-refractivity contribution in [2.45, 2.75) is 33.6 Å². The predicted octanol–water partition coefficient (Wildman–Crippen LogP) is 1.37. The molecule has 0 saturated heterocycles. The Hall–Kier alpha value is -1.79. The summed E-state index contributed by atoms with van der Waals surface area (Å²) in [6, 6.07) is 0. The van der Waals surface area contributed by atoms with Crippen LogP contribution in [0.1, 0.15) is 33.6 Å². The predicted molar refractivity (Wildman–Crippen MR) is 66.3 cm³/mol. The standard InChI is InChI=1S/C12H21NO6/c1-8(2)4-10(5-11(15)16)6-13-12(17)19-7-18-9(3)14/h8,10H,4-7H2,1-3H3,(H,13,17)(H,15,16). The van der Waals surface area contributed by atoms with Crippen LogP contribution in [0.3, 0.4) is 0 Å². The highest BCUT2D eigenvalue weighted by Gasteiger charge is 2.16. The normalized spacial score (nSPS) is 11.8. The van der Waals surface area contributed by atoms with E-state index in [9.17, 15) is 14.4 Å². The Morgan fingerprint density at radius 3 is 2.32 bits per heavy atom. The van der Waals surface area contributed by atoms with Crippen molar-refractivity contribution in [3.8, 4) is 0 Å². The number of ether oxygens (including phenoxy) is 2. The molecule has 0 spiro atoms. The average molecular weight is 275 g/mol. The smallest absolute Gasteiger partial charge is 0.410 e. The molecule has 0 aromatic carbocycles. The first-order valence-electron chi connectivity index (χ1n) is 6.07. The second kappa shape index (κ2) is 9.18. The van der Waals surface area contributed by atoms with Gasteiger partial charge in [-0.3, -0.25) is 9.59 Å². The number of carboxylic acids is 1. The van der Waals surface area contributed by atoms with Gasteiger partial charge in [-0.05, 0) is 18.3 Å². The minimum Gasteiger partial charge on any atom is -0.481 e. The molecule has 0 aliphatic heterocycles. The van der Waals surface area contributed by atoms with Gasteiger partial charge in [0.25, 0.3) is 0 Å². The van der Waals surface area contributed by atoms with Crippen LogP contribution in [0.15, 0.2) is 0 Å². The highest BCUT2D eigenvalue weighted by molar-refractivity contribution is 5.69. The second-order valence-electron chi connectivity index (χ2n) is 4.66. The number of amides is 1. The van der Waals surface area contributed by atoms with Crippen molar-refractivity contribution in [3.05, 3.63) is 0 Å². The molecule has 110 valence electrons. The molecule has 0 rings (SSSR count). The van der Waals surface area contributed by atoms with Crippen molar-refractivity contribution in [1.29, 1.82) is 0 Å². The molecule has 0 radical (unpaired) electrons. The SMILES string of the molecule is CC(=O)OCOC(=O)NCC(CC(=O)O)CC(C)C. The molecule has 0 bridgehead atoms. The van der Waals surface area contributed by atoms with E-state index in [4.69, 9.17) is 5.11 Å². The van der Waals surface area contributed by atoms with E-state index < -0.39 is 24.8 Å². The van der Waals surface area contributed by atoms with Gasteiger partial charge < -0.3 is 19.9 Å². The van der Waals surface area contributed by atoms with Gasteiger partial charge in [-0.1, -0.05) is 13.8 Å². The van der Waals surface area contributed by atoms with Gasteiger partial charge in [-0.2, -0.15) is 0 Å². The zero-order valence-electron chi connectivity index (χ0n) is 11.5. The molecule has 1 unspecified atom stereocenters. The van der Waals surface area contributed by atoms with E-state index in [0.717, 1.165) is 0 Å². The van der Waals surface area contributed by atoms with Gasteiger partial charge in [-0.15, -0.1) is 0 Å². The Balaban J connectivity index is 3.98.